The normalized spacial score (nSPS) is 14.4. The van der Waals surface area contributed by atoms with Crippen LogP contribution in [0.2, 0.25) is 0 Å². The molecule has 0 aliphatic carbocycles. The lowest BCUT2D eigenvalue weighted by molar-refractivity contribution is -0.193. The summed E-state index contributed by atoms with van der Waals surface area (Å²) in [4.78, 5) is 30.8. The Morgan fingerprint density at radius 2 is 1.53 bits per heavy atom. The second kappa shape index (κ2) is 13.5. The van der Waals surface area contributed by atoms with Gasteiger partial charge in [0.25, 0.3) is 0 Å². The molecule has 36 heavy (non-hydrogen) atoms. The van der Waals surface area contributed by atoms with Gasteiger partial charge in [0.2, 0.25) is 5.95 Å². The summed E-state index contributed by atoms with van der Waals surface area (Å²) >= 11 is 0. The van der Waals surface area contributed by atoms with Crippen molar-refractivity contribution in [2.24, 2.45) is 11.1 Å². The van der Waals surface area contributed by atoms with Crippen LogP contribution >= 0.6 is 0 Å². The molecular formula is C19H29F6N7O4. The Labute approximate surface area is 202 Å². The van der Waals surface area contributed by atoms with Crippen LogP contribution in [-0.2, 0) is 9.59 Å². The molecule has 17 heteroatoms. The molecule has 11 nitrogen and oxygen atoms in total. The third-order valence-corrected chi connectivity index (χ3v) is 4.06. The number of hydrogen-bond donors (Lipinski definition) is 5. The number of aliphatic carboxylic acids is 2. The number of hydrogen-bond acceptors (Lipinski definition) is 7. The molecule has 1 aromatic heterocycles. The third kappa shape index (κ3) is 14.0. The maximum Gasteiger partial charge on any atom is 0.490 e. The van der Waals surface area contributed by atoms with Crippen molar-refractivity contribution in [1.29, 1.82) is 5.41 Å². The highest BCUT2D eigenvalue weighted by atomic mass is 19.4. The van der Waals surface area contributed by atoms with E-state index >= 15 is 0 Å². The Morgan fingerprint density at radius 1 is 1.03 bits per heavy atom. The molecule has 1 aromatic rings. The van der Waals surface area contributed by atoms with Crippen LogP contribution in [0.3, 0.4) is 0 Å². The van der Waals surface area contributed by atoms with E-state index in [-0.39, 0.29) is 11.4 Å². The summed E-state index contributed by atoms with van der Waals surface area (Å²) in [6.07, 6.45) is -7.41. The highest BCUT2D eigenvalue weighted by Gasteiger charge is 2.38. The molecule has 2 rings (SSSR count). The van der Waals surface area contributed by atoms with Crippen LogP contribution in [-0.4, -0.2) is 88.1 Å². The van der Waals surface area contributed by atoms with Gasteiger partial charge in [0.05, 0.1) is 0 Å². The van der Waals surface area contributed by atoms with Crippen molar-refractivity contribution in [3.8, 4) is 0 Å². The standard InChI is InChI=1S/C15H27N7.2C2HF3O2/c1-15(2,3)11-19-14-18-6-5-12(20-14)21-7-4-8-22(10-9-21)13(16)17;2*3-2(4,5)1(6)7/h5-6H,4,7-11H2,1-3H3,(H3,16,17)(H,18,19,20);2*(H,6,7). The molecule has 0 saturated carbocycles. The van der Waals surface area contributed by atoms with Gasteiger partial charge in [-0.3, -0.25) is 5.41 Å². The fourth-order valence-electron chi connectivity index (χ4n) is 2.34. The number of nitrogens with zero attached hydrogens (tertiary/aromatic N) is 4. The molecule has 0 unspecified atom stereocenters. The van der Waals surface area contributed by atoms with E-state index in [0.29, 0.717) is 5.95 Å². The molecule has 6 N–H and O–H groups in total. The largest absolute Gasteiger partial charge is 0.490 e. The maximum absolute atomic E-state index is 10.6. The molecule has 0 radical (unpaired) electrons. The topological polar surface area (TPSA) is 169 Å². The highest BCUT2D eigenvalue weighted by Crippen LogP contribution is 2.17. The van der Waals surface area contributed by atoms with Gasteiger partial charge in [0.1, 0.15) is 5.82 Å². The van der Waals surface area contributed by atoms with Crippen molar-refractivity contribution in [2.45, 2.75) is 39.5 Å². The minimum Gasteiger partial charge on any atom is -0.475 e. The summed E-state index contributed by atoms with van der Waals surface area (Å²) in [6.45, 7) is 10.7. The molecule has 0 aromatic carbocycles. The van der Waals surface area contributed by atoms with E-state index in [4.69, 9.17) is 30.9 Å². The van der Waals surface area contributed by atoms with Crippen molar-refractivity contribution < 1.29 is 46.1 Å². The fraction of sp³-hybridized carbons (Fsp3) is 0.632. The first-order valence-electron chi connectivity index (χ1n) is 10.2. The van der Waals surface area contributed by atoms with Crippen LogP contribution in [0.4, 0.5) is 38.1 Å². The molecule has 1 aliphatic rings. The Hall–Kier alpha value is -3.53. The average molecular weight is 533 g/mol. The average Bonchev–Trinajstić information content (AvgIpc) is 2.98. The summed E-state index contributed by atoms with van der Waals surface area (Å²) in [6, 6.07) is 1.94. The van der Waals surface area contributed by atoms with E-state index in [1.54, 1.807) is 6.20 Å². The third-order valence-electron chi connectivity index (χ3n) is 4.06. The first kappa shape index (κ1) is 32.5. The number of carboxylic acid groups (broad SMARTS) is 2. The van der Waals surface area contributed by atoms with Crippen LogP contribution in [0.15, 0.2) is 12.3 Å². The molecule has 0 spiro atoms. The Kier molecular flexibility index (Phi) is 12.2. The molecule has 0 bridgehead atoms. The van der Waals surface area contributed by atoms with Gasteiger partial charge in [-0.05, 0) is 17.9 Å². The van der Waals surface area contributed by atoms with Gasteiger partial charge in [0, 0.05) is 38.9 Å². The zero-order chi connectivity index (χ0) is 28.3. The highest BCUT2D eigenvalue weighted by molar-refractivity contribution is 5.74. The van der Waals surface area contributed by atoms with Crippen LogP contribution in [0.1, 0.15) is 27.2 Å². The van der Waals surface area contributed by atoms with Crippen LogP contribution in [0.5, 0.6) is 0 Å². The summed E-state index contributed by atoms with van der Waals surface area (Å²) < 4.78 is 63.5. The predicted octanol–water partition coefficient (Wildman–Crippen LogP) is 2.61. The minimum absolute atomic E-state index is 0.150. The number of rotatable bonds is 3. The Morgan fingerprint density at radius 3 is 1.94 bits per heavy atom. The van der Waals surface area contributed by atoms with E-state index in [1.807, 2.05) is 11.0 Å². The van der Waals surface area contributed by atoms with Gasteiger partial charge < -0.3 is 31.1 Å². The van der Waals surface area contributed by atoms with Gasteiger partial charge in [0.15, 0.2) is 5.96 Å². The smallest absolute Gasteiger partial charge is 0.475 e. The van der Waals surface area contributed by atoms with Crippen LogP contribution in [0, 0.1) is 10.8 Å². The fourth-order valence-corrected chi connectivity index (χ4v) is 2.34. The van der Waals surface area contributed by atoms with E-state index in [1.165, 1.54) is 0 Å². The number of halogens is 6. The van der Waals surface area contributed by atoms with E-state index < -0.39 is 24.3 Å². The predicted molar refractivity (Wildman–Crippen MR) is 118 cm³/mol. The zero-order valence-electron chi connectivity index (χ0n) is 19.7. The number of aromatic nitrogens is 2. The van der Waals surface area contributed by atoms with Crippen molar-refractivity contribution in [2.75, 3.05) is 42.9 Å². The molecule has 1 saturated heterocycles. The van der Waals surface area contributed by atoms with Crippen molar-refractivity contribution in [1.82, 2.24) is 14.9 Å². The van der Waals surface area contributed by atoms with E-state index in [0.717, 1.165) is 45.0 Å². The first-order valence-corrected chi connectivity index (χ1v) is 10.2. The lowest BCUT2D eigenvalue weighted by atomic mass is 9.97. The van der Waals surface area contributed by atoms with Gasteiger partial charge in [-0.25, -0.2) is 14.6 Å². The summed E-state index contributed by atoms with van der Waals surface area (Å²) in [7, 11) is 0. The second-order valence-corrected chi connectivity index (χ2v) is 8.47. The second-order valence-electron chi connectivity index (χ2n) is 8.47. The SMILES string of the molecule is CC(C)(C)CNc1nccc(N2CCCN(C(=N)N)CC2)n1.O=C(O)C(F)(F)F.O=C(O)C(F)(F)F. The number of alkyl halides is 6. The number of carbonyl (C=O) groups is 2. The van der Waals surface area contributed by atoms with Crippen LogP contribution in [0.25, 0.3) is 0 Å². The molecular weight excluding hydrogens is 504 g/mol. The molecule has 2 heterocycles. The van der Waals surface area contributed by atoms with Crippen molar-refractivity contribution in [3.05, 3.63) is 12.3 Å². The van der Waals surface area contributed by atoms with E-state index in [9.17, 15) is 26.3 Å². The number of anilines is 2. The van der Waals surface area contributed by atoms with Gasteiger partial charge in [-0.2, -0.15) is 31.3 Å². The number of nitrogens with one attached hydrogen (secondary N) is 2. The van der Waals surface area contributed by atoms with Crippen molar-refractivity contribution in [3.63, 3.8) is 0 Å². The van der Waals surface area contributed by atoms with E-state index in [2.05, 4.69) is 41.0 Å². The zero-order valence-corrected chi connectivity index (χ0v) is 19.7. The number of nitrogens with two attached hydrogens (primary N) is 1. The first-order chi connectivity index (χ1) is 16.2. The molecule has 0 atom stereocenters. The van der Waals surface area contributed by atoms with Gasteiger partial charge >= 0.3 is 24.3 Å². The molecule has 1 aliphatic heterocycles. The summed E-state index contributed by atoms with van der Waals surface area (Å²) in [5, 5.41) is 25.1. The lowest BCUT2D eigenvalue weighted by Gasteiger charge is -2.23. The van der Waals surface area contributed by atoms with Gasteiger partial charge in [-0.1, -0.05) is 20.8 Å². The quantitative estimate of drug-likeness (QED) is 0.221. The monoisotopic (exact) mass is 533 g/mol. The summed E-state index contributed by atoms with van der Waals surface area (Å²) in [5.74, 6) is -3.77. The molecule has 206 valence electrons. The molecule has 1 fully saturated rings. The lowest BCUT2D eigenvalue weighted by Crippen LogP contribution is -2.39. The molecule has 0 amide bonds. The summed E-state index contributed by atoms with van der Waals surface area (Å²) in [5.41, 5.74) is 5.76. The number of guanidine groups is 1. The maximum atomic E-state index is 10.6. The van der Waals surface area contributed by atoms with Crippen molar-refractivity contribution >= 4 is 29.7 Å². The minimum atomic E-state index is -5.08. The van der Waals surface area contributed by atoms with Crippen LogP contribution < -0.4 is 16.0 Å². The Bertz CT molecular complexity index is 851. The Balaban J connectivity index is 0.000000720. The number of carboxylic acids is 2. The van der Waals surface area contributed by atoms with Gasteiger partial charge in [-0.15, -0.1) is 0 Å².